The minimum atomic E-state index is -0.753. The second kappa shape index (κ2) is 32.3. The van der Waals surface area contributed by atoms with E-state index in [1.54, 1.807) is 0 Å². The summed E-state index contributed by atoms with van der Waals surface area (Å²) in [5, 5.41) is 0. The average Bonchev–Trinajstić information content (AvgIpc) is 2.98. The molecule has 0 amide bonds. The summed E-state index contributed by atoms with van der Waals surface area (Å²) in [6.07, 6.45) is 28.2. The van der Waals surface area contributed by atoms with Crippen LogP contribution in [-0.2, 0) is 28.6 Å². The van der Waals surface area contributed by atoms with Crippen LogP contribution in [0, 0.1) is 0 Å². The Morgan fingerprint density at radius 2 is 0.643 bits per heavy atom. The zero-order valence-corrected chi connectivity index (χ0v) is 28.0. The van der Waals surface area contributed by atoms with Crippen LogP contribution in [0.25, 0.3) is 0 Å². The SMILES string of the molecule is CCCCCCCCCCCCC(=O)OCC(COC(=O)CCCCCCCCC)OC(=O)CCCCCCCCC. The highest BCUT2D eigenvalue weighted by atomic mass is 16.6. The Balaban J connectivity index is 4.32. The highest BCUT2D eigenvalue weighted by molar-refractivity contribution is 5.71. The molecule has 1 unspecified atom stereocenters. The molecule has 0 aromatic carbocycles. The summed E-state index contributed by atoms with van der Waals surface area (Å²) in [5.74, 6) is -0.882. The van der Waals surface area contributed by atoms with E-state index in [9.17, 15) is 14.4 Å². The summed E-state index contributed by atoms with van der Waals surface area (Å²) in [4.78, 5) is 37.1. The van der Waals surface area contributed by atoms with Crippen LogP contribution in [0.5, 0.6) is 0 Å². The van der Waals surface area contributed by atoms with Crippen LogP contribution in [0.15, 0.2) is 0 Å². The van der Waals surface area contributed by atoms with Gasteiger partial charge in [0.05, 0.1) is 0 Å². The molecule has 42 heavy (non-hydrogen) atoms. The quantitative estimate of drug-likeness (QED) is 0.0436. The van der Waals surface area contributed by atoms with Gasteiger partial charge in [-0.15, -0.1) is 0 Å². The fourth-order valence-electron chi connectivity index (χ4n) is 5.09. The van der Waals surface area contributed by atoms with Gasteiger partial charge in [-0.3, -0.25) is 14.4 Å². The standard InChI is InChI=1S/C36H68O6/c1-4-7-10-13-16-17-18-21-23-26-29-35(38)41-32-33(42-36(39)30-27-24-20-15-12-9-6-3)31-40-34(37)28-25-22-19-14-11-8-5-2/h33H,4-32H2,1-3H3. The number of ether oxygens (including phenoxy) is 3. The molecule has 0 fully saturated rings. The molecule has 0 aliphatic heterocycles. The highest BCUT2D eigenvalue weighted by Gasteiger charge is 2.19. The minimum absolute atomic E-state index is 0.0654. The first-order valence-corrected chi connectivity index (χ1v) is 18.0. The van der Waals surface area contributed by atoms with E-state index in [-0.39, 0.29) is 31.1 Å². The predicted octanol–water partition coefficient (Wildman–Crippen LogP) is 10.6. The Morgan fingerprint density at radius 3 is 0.952 bits per heavy atom. The van der Waals surface area contributed by atoms with Crippen molar-refractivity contribution < 1.29 is 28.6 Å². The number of carbonyl (C=O) groups is 3. The summed E-state index contributed by atoms with van der Waals surface area (Å²) < 4.78 is 16.4. The number of esters is 3. The van der Waals surface area contributed by atoms with Crippen molar-refractivity contribution in [3.63, 3.8) is 0 Å². The van der Waals surface area contributed by atoms with E-state index < -0.39 is 6.10 Å². The van der Waals surface area contributed by atoms with Crippen molar-refractivity contribution in [3.8, 4) is 0 Å². The lowest BCUT2D eigenvalue weighted by Crippen LogP contribution is -2.30. The lowest BCUT2D eigenvalue weighted by Gasteiger charge is -2.18. The zero-order chi connectivity index (χ0) is 30.9. The molecule has 0 bridgehead atoms. The van der Waals surface area contributed by atoms with E-state index in [0.717, 1.165) is 57.8 Å². The summed E-state index contributed by atoms with van der Waals surface area (Å²) >= 11 is 0. The van der Waals surface area contributed by atoms with Crippen LogP contribution < -0.4 is 0 Å². The molecule has 0 aliphatic carbocycles. The van der Waals surface area contributed by atoms with Crippen LogP contribution in [0.3, 0.4) is 0 Å². The lowest BCUT2D eigenvalue weighted by molar-refractivity contribution is -0.167. The molecule has 0 N–H and O–H groups in total. The number of hydrogen-bond acceptors (Lipinski definition) is 6. The summed E-state index contributed by atoms with van der Waals surface area (Å²) in [6, 6.07) is 0. The third-order valence-electron chi connectivity index (χ3n) is 7.86. The monoisotopic (exact) mass is 597 g/mol. The fraction of sp³-hybridized carbons (Fsp3) is 0.917. The second-order valence-electron chi connectivity index (χ2n) is 12.2. The molecule has 0 radical (unpaired) electrons. The summed E-state index contributed by atoms with van der Waals surface area (Å²) in [7, 11) is 0. The number of hydrogen-bond donors (Lipinski definition) is 0. The van der Waals surface area contributed by atoms with Crippen LogP contribution in [0.1, 0.15) is 194 Å². The molecule has 0 spiro atoms. The van der Waals surface area contributed by atoms with Crippen molar-refractivity contribution in [2.45, 2.75) is 200 Å². The van der Waals surface area contributed by atoms with E-state index in [2.05, 4.69) is 20.8 Å². The third-order valence-corrected chi connectivity index (χ3v) is 7.86. The van der Waals surface area contributed by atoms with Gasteiger partial charge in [-0.05, 0) is 19.3 Å². The van der Waals surface area contributed by atoms with Crippen molar-refractivity contribution in [2.75, 3.05) is 13.2 Å². The van der Waals surface area contributed by atoms with Gasteiger partial charge < -0.3 is 14.2 Å². The zero-order valence-electron chi connectivity index (χ0n) is 28.0. The van der Waals surface area contributed by atoms with E-state index in [1.807, 2.05) is 0 Å². The second-order valence-corrected chi connectivity index (χ2v) is 12.2. The maximum Gasteiger partial charge on any atom is 0.306 e. The van der Waals surface area contributed by atoms with Crippen molar-refractivity contribution in [1.82, 2.24) is 0 Å². The maximum atomic E-state index is 12.5. The number of carbonyl (C=O) groups excluding carboxylic acids is 3. The van der Waals surface area contributed by atoms with E-state index in [4.69, 9.17) is 14.2 Å². The molecule has 0 aromatic heterocycles. The first-order chi connectivity index (χ1) is 20.5. The highest BCUT2D eigenvalue weighted by Crippen LogP contribution is 2.13. The number of unbranched alkanes of at least 4 members (excludes halogenated alkanes) is 21. The van der Waals surface area contributed by atoms with Gasteiger partial charge >= 0.3 is 17.9 Å². The van der Waals surface area contributed by atoms with E-state index in [1.165, 1.54) is 96.3 Å². The molecule has 0 aliphatic rings. The van der Waals surface area contributed by atoms with Crippen molar-refractivity contribution in [1.29, 1.82) is 0 Å². The lowest BCUT2D eigenvalue weighted by atomic mass is 10.1. The molecule has 0 saturated carbocycles. The van der Waals surface area contributed by atoms with Crippen LogP contribution in [-0.4, -0.2) is 37.2 Å². The Kier molecular flexibility index (Phi) is 31.1. The van der Waals surface area contributed by atoms with Gasteiger partial charge in [0, 0.05) is 19.3 Å². The molecular formula is C36H68O6. The van der Waals surface area contributed by atoms with Gasteiger partial charge in [-0.2, -0.15) is 0 Å². The smallest absolute Gasteiger partial charge is 0.306 e. The van der Waals surface area contributed by atoms with Crippen molar-refractivity contribution >= 4 is 17.9 Å². The van der Waals surface area contributed by atoms with E-state index in [0.29, 0.717) is 19.3 Å². The molecule has 6 heteroatoms. The van der Waals surface area contributed by atoms with Crippen LogP contribution in [0.2, 0.25) is 0 Å². The molecule has 0 saturated heterocycles. The minimum Gasteiger partial charge on any atom is -0.462 e. The van der Waals surface area contributed by atoms with Gasteiger partial charge in [0.1, 0.15) is 13.2 Å². The summed E-state index contributed by atoms with van der Waals surface area (Å²) in [5.41, 5.74) is 0. The van der Waals surface area contributed by atoms with Gasteiger partial charge in [0.25, 0.3) is 0 Å². The number of rotatable bonds is 32. The van der Waals surface area contributed by atoms with Gasteiger partial charge in [-0.1, -0.05) is 156 Å². The molecule has 0 rings (SSSR count). The molecule has 248 valence electrons. The maximum absolute atomic E-state index is 12.5. The Morgan fingerprint density at radius 1 is 0.381 bits per heavy atom. The largest absolute Gasteiger partial charge is 0.462 e. The van der Waals surface area contributed by atoms with Crippen LogP contribution in [0.4, 0.5) is 0 Å². The van der Waals surface area contributed by atoms with E-state index >= 15 is 0 Å². The normalized spacial score (nSPS) is 11.8. The van der Waals surface area contributed by atoms with Crippen molar-refractivity contribution in [2.24, 2.45) is 0 Å². The fourth-order valence-corrected chi connectivity index (χ4v) is 5.09. The van der Waals surface area contributed by atoms with Gasteiger partial charge in [0.2, 0.25) is 0 Å². The van der Waals surface area contributed by atoms with Crippen LogP contribution >= 0.6 is 0 Å². The Labute approximate surface area is 259 Å². The molecule has 6 nitrogen and oxygen atoms in total. The van der Waals surface area contributed by atoms with Gasteiger partial charge in [-0.25, -0.2) is 0 Å². The third kappa shape index (κ3) is 29.9. The van der Waals surface area contributed by atoms with Gasteiger partial charge in [0.15, 0.2) is 6.10 Å². The first kappa shape index (κ1) is 40.4. The molecule has 1 atom stereocenters. The average molecular weight is 597 g/mol. The Hall–Kier alpha value is -1.59. The van der Waals surface area contributed by atoms with Crippen molar-refractivity contribution in [3.05, 3.63) is 0 Å². The predicted molar refractivity (Wildman–Crippen MR) is 173 cm³/mol. The molecular weight excluding hydrogens is 528 g/mol. The Bertz CT molecular complexity index is 620. The first-order valence-electron chi connectivity index (χ1n) is 18.0. The summed E-state index contributed by atoms with van der Waals surface area (Å²) in [6.45, 7) is 6.52. The topological polar surface area (TPSA) is 78.9 Å². The molecule has 0 heterocycles. The molecule has 0 aromatic rings.